The second-order valence-electron chi connectivity index (χ2n) is 7.97. The van der Waals surface area contributed by atoms with E-state index in [4.69, 9.17) is 32.8 Å². The molecule has 196 valence electrons. The lowest BCUT2D eigenvalue weighted by atomic mass is 10.0. The van der Waals surface area contributed by atoms with E-state index in [1.54, 1.807) is 30.3 Å². The number of hydrogen-bond acceptors (Lipinski definition) is 8. The van der Waals surface area contributed by atoms with Gasteiger partial charge in [-0.1, -0.05) is 53.5 Å². The Morgan fingerprint density at radius 3 is 2.24 bits per heavy atom. The molecule has 12 heteroatoms. The molecule has 10 nitrogen and oxygen atoms in total. The molecule has 2 aromatic rings. The van der Waals surface area contributed by atoms with E-state index in [-0.39, 0.29) is 34.0 Å². The minimum Gasteiger partial charge on any atom is -0.480 e. The number of halogens is 2. The highest BCUT2D eigenvalue weighted by atomic mass is 35.5. The third kappa shape index (κ3) is 10.0. The van der Waals surface area contributed by atoms with Crippen LogP contribution in [0.25, 0.3) is 0 Å². The largest absolute Gasteiger partial charge is 0.480 e. The summed E-state index contributed by atoms with van der Waals surface area (Å²) in [5.74, 6) is -0.921. The van der Waals surface area contributed by atoms with Crippen LogP contribution in [-0.2, 0) is 32.0 Å². The van der Waals surface area contributed by atoms with Gasteiger partial charge in [0.05, 0.1) is 22.2 Å². The second kappa shape index (κ2) is 15.4. The van der Waals surface area contributed by atoms with Crippen molar-refractivity contribution in [3.8, 4) is 0 Å². The van der Waals surface area contributed by atoms with Crippen LogP contribution in [0, 0.1) is 0 Å². The molecule has 0 bridgehead atoms. The molecule has 0 aliphatic carbocycles. The molecule has 0 unspecified atom stereocenters. The van der Waals surface area contributed by atoms with E-state index in [9.17, 15) is 19.5 Å². The maximum Gasteiger partial charge on any atom is 0.373 e. The molecule has 1 atom stereocenters. The fourth-order valence-corrected chi connectivity index (χ4v) is 4.07. The smallest absolute Gasteiger partial charge is 0.373 e. The molecule has 0 radical (unpaired) electrons. The summed E-state index contributed by atoms with van der Waals surface area (Å²) in [6.45, 7) is 2.29. The van der Waals surface area contributed by atoms with E-state index < -0.39 is 17.9 Å². The molecule has 1 heterocycles. The zero-order valence-electron chi connectivity index (χ0n) is 19.8. The Morgan fingerprint density at radius 2 is 1.68 bits per heavy atom. The first-order valence-electron chi connectivity index (χ1n) is 11.3. The van der Waals surface area contributed by atoms with Crippen LogP contribution in [0.1, 0.15) is 34.3 Å². The molecule has 0 spiro atoms. The summed E-state index contributed by atoms with van der Waals surface area (Å²) in [5.41, 5.74) is 1.60. The number of carbonyl (C=O) groups is 3. The summed E-state index contributed by atoms with van der Waals surface area (Å²) in [6, 6.07) is 10.6. The van der Waals surface area contributed by atoms with Gasteiger partial charge in [0.25, 0.3) is 5.91 Å². The number of aliphatic imine (C=N–C) groups is 1. The standard InChI is InChI=1S/C24H26Cl2N4O4.CO2/c25-18-4-1-5-19(26)21(18)22(32)30-20(23(33)34)14-16-8-6-15(7-9-16)13-17(31)3-2-10-27-24-28-11-12-29-24;2-1-3/h1,4-9,20H,2-3,10-14H2,(H,30,32)(H,33,34)(H2,27,28,29);/t20-;/m0./s1. The Morgan fingerprint density at radius 1 is 1.05 bits per heavy atom. The third-order valence-electron chi connectivity index (χ3n) is 5.26. The van der Waals surface area contributed by atoms with Crippen molar-refractivity contribution in [3.05, 3.63) is 69.2 Å². The van der Waals surface area contributed by atoms with Gasteiger partial charge in [-0.2, -0.15) is 9.59 Å². The number of carboxylic acids is 1. The Balaban J connectivity index is 0.00000153. The Bertz CT molecular complexity index is 1140. The molecular formula is C25H26Cl2N4O6. The highest BCUT2D eigenvalue weighted by Crippen LogP contribution is 2.24. The Kier molecular flexibility index (Phi) is 12.3. The van der Waals surface area contributed by atoms with Crippen molar-refractivity contribution in [2.45, 2.75) is 31.7 Å². The van der Waals surface area contributed by atoms with Crippen molar-refractivity contribution in [1.82, 2.24) is 16.0 Å². The normalized spacial score (nSPS) is 12.6. The monoisotopic (exact) mass is 548 g/mol. The van der Waals surface area contributed by atoms with Crippen LogP contribution < -0.4 is 16.0 Å². The fourth-order valence-electron chi connectivity index (χ4n) is 3.50. The summed E-state index contributed by atoms with van der Waals surface area (Å²) in [6.07, 6.45) is 1.80. The van der Waals surface area contributed by atoms with Gasteiger partial charge in [-0.15, -0.1) is 0 Å². The number of carbonyl (C=O) groups excluding carboxylic acids is 4. The van der Waals surface area contributed by atoms with Crippen LogP contribution in [-0.4, -0.2) is 60.6 Å². The zero-order chi connectivity index (χ0) is 27.2. The average Bonchev–Trinajstić information content (AvgIpc) is 3.36. The molecule has 0 saturated carbocycles. The van der Waals surface area contributed by atoms with Crippen molar-refractivity contribution in [2.24, 2.45) is 4.99 Å². The van der Waals surface area contributed by atoms with Crippen molar-refractivity contribution in [3.63, 3.8) is 0 Å². The first kappa shape index (κ1) is 29.5. The van der Waals surface area contributed by atoms with Crippen molar-refractivity contribution < 1.29 is 29.1 Å². The predicted octanol–water partition coefficient (Wildman–Crippen LogP) is 2.28. The SMILES string of the molecule is O=C(CCCNC1=NCCN1)Cc1ccc(C[C@H](NC(=O)c2c(Cl)cccc2Cl)C(=O)O)cc1.O=C=O. The van der Waals surface area contributed by atoms with Crippen LogP contribution in [0.15, 0.2) is 47.5 Å². The number of guanidine groups is 1. The molecule has 37 heavy (non-hydrogen) atoms. The lowest BCUT2D eigenvalue weighted by molar-refractivity contribution is -0.191. The number of nitrogens with one attached hydrogen (secondary N) is 3. The van der Waals surface area contributed by atoms with E-state index >= 15 is 0 Å². The first-order chi connectivity index (χ1) is 17.7. The van der Waals surface area contributed by atoms with E-state index in [1.807, 2.05) is 0 Å². The average molecular weight is 549 g/mol. The van der Waals surface area contributed by atoms with Crippen molar-refractivity contribution >= 4 is 53.0 Å². The molecule has 4 N–H and O–H groups in total. The van der Waals surface area contributed by atoms with Gasteiger partial charge in [0, 0.05) is 32.4 Å². The van der Waals surface area contributed by atoms with Gasteiger partial charge >= 0.3 is 12.1 Å². The molecule has 1 amide bonds. The van der Waals surface area contributed by atoms with Crippen molar-refractivity contribution in [2.75, 3.05) is 19.6 Å². The number of carboxylic acid groups (broad SMARTS) is 1. The highest BCUT2D eigenvalue weighted by Gasteiger charge is 2.23. The van der Waals surface area contributed by atoms with Crippen LogP contribution in [0.5, 0.6) is 0 Å². The number of rotatable bonds is 11. The first-order valence-corrected chi connectivity index (χ1v) is 12.1. The molecule has 0 saturated heterocycles. The third-order valence-corrected chi connectivity index (χ3v) is 5.89. The molecule has 3 rings (SSSR count). The van der Waals surface area contributed by atoms with Crippen LogP contribution >= 0.6 is 23.2 Å². The maximum atomic E-state index is 12.6. The van der Waals surface area contributed by atoms with Crippen LogP contribution in [0.3, 0.4) is 0 Å². The number of nitrogens with zero attached hydrogens (tertiary/aromatic N) is 1. The topological polar surface area (TPSA) is 154 Å². The fraction of sp³-hybridized carbons (Fsp3) is 0.320. The van der Waals surface area contributed by atoms with Crippen LogP contribution in [0.4, 0.5) is 0 Å². The molecule has 0 aromatic heterocycles. The molecular weight excluding hydrogens is 523 g/mol. The number of aliphatic carboxylic acids is 1. The summed E-state index contributed by atoms with van der Waals surface area (Å²) < 4.78 is 0. The van der Waals surface area contributed by atoms with Gasteiger partial charge in [0.1, 0.15) is 11.8 Å². The van der Waals surface area contributed by atoms with Gasteiger partial charge in [-0.3, -0.25) is 14.6 Å². The van der Waals surface area contributed by atoms with Gasteiger partial charge in [0.2, 0.25) is 0 Å². The van der Waals surface area contributed by atoms with Gasteiger partial charge in [-0.05, 0) is 29.7 Å². The summed E-state index contributed by atoms with van der Waals surface area (Å²) in [4.78, 5) is 57.0. The highest BCUT2D eigenvalue weighted by molar-refractivity contribution is 6.39. The van der Waals surface area contributed by atoms with Gasteiger partial charge in [0.15, 0.2) is 5.96 Å². The van der Waals surface area contributed by atoms with E-state index in [0.29, 0.717) is 31.4 Å². The zero-order valence-corrected chi connectivity index (χ0v) is 21.3. The number of Topliss-reactive ketones (excluding diaryl/α,β-unsaturated/α-hetero) is 1. The quantitative estimate of drug-likeness (QED) is 0.312. The minimum atomic E-state index is -1.18. The van der Waals surface area contributed by atoms with Crippen LogP contribution in [0.2, 0.25) is 10.0 Å². The molecule has 1 aliphatic heterocycles. The predicted molar refractivity (Wildman–Crippen MR) is 137 cm³/mol. The molecule has 2 aromatic carbocycles. The van der Waals surface area contributed by atoms with E-state index in [0.717, 1.165) is 24.6 Å². The lowest BCUT2D eigenvalue weighted by Crippen LogP contribution is -2.42. The summed E-state index contributed by atoms with van der Waals surface area (Å²) in [5, 5.41) is 18.6. The lowest BCUT2D eigenvalue weighted by Gasteiger charge is -2.16. The number of ketones is 1. The maximum absolute atomic E-state index is 12.6. The van der Waals surface area contributed by atoms with Gasteiger partial charge < -0.3 is 21.1 Å². The molecule has 0 fully saturated rings. The molecule has 1 aliphatic rings. The van der Waals surface area contributed by atoms with Gasteiger partial charge in [-0.25, -0.2) is 4.79 Å². The minimum absolute atomic E-state index is 0.0358. The van der Waals surface area contributed by atoms with E-state index in [2.05, 4.69) is 20.9 Å². The van der Waals surface area contributed by atoms with E-state index in [1.165, 1.54) is 12.1 Å². The second-order valence-corrected chi connectivity index (χ2v) is 8.78. The number of hydrogen-bond donors (Lipinski definition) is 4. The number of benzene rings is 2. The Hall–Kier alpha value is -3.72. The Labute approximate surface area is 223 Å². The summed E-state index contributed by atoms with van der Waals surface area (Å²) >= 11 is 12.1. The summed E-state index contributed by atoms with van der Waals surface area (Å²) in [7, 11) is 0. The number of amides is 1. The van der Waals surface area contributed by atoms with Crippen molar-refractivity contribution in [1.29, 1.82) is 0 Å².